The van der Waals surface area contributed by atoms with Gasteiger partial charge in [0.25, 0.3) is 0 Å². The number of hydrogen-bond acceptors (Lipinski definition) is 3. The Labute approximate surface area is 124 Å². The second-order valence-corrected chi connectivity index (χ2v) is 4.89. The van der Waals surface area contributed by atoms with Crippen molar-refractivity contribution in [2.24, 2.45) is 0 Å². The largest absolute Gasteiger partial charge is 0.317 e. The molecule has 0 aliphatic heterocycles. The van der Waals surface area contributed by atoms with Crippen molar-refractivity contribution in [3.05, 3.63) is 28.4 Å². The van der Waals surface area contributed by atoms with E-state index < -0.39 is 0 Å². The number of rotatable bonds is 3. The molecule has 1 aromatic carbocycles. The smallest absolute Gasteiger partial charge is 0.121 e. The van der Waals surface area contributed by atoms with Gasteiger partial charge in [-0.1, -0.05) is 56.7 Å². The van der Waals surface area contributed by atoms with Crippen molar-refractivity contribution >= 4 is 46.2 Å². The maximum absolute atomic E-state index is 5.20. The second-order valence-electron chi connectivity index (χ2n) is 3.63. The number of hydrogen-bond donors (Lipinski definition) is 2. The number of H-pyrrole nitrogens is 1. The number of aryl methyl sites for hydroxylation is 1. The van der Waals surface area contributed by atoms with Crippen LogP contribution in [-0.2, 0) is 6.42 Å². The van der Waals surface area contributed by atoms with Gasteiger partial charge in [-0.2, -0.15) is 0 Å². The van der Waals surface area contributed by atoms with Crippen molar-refractivity contribution in [2.45, 2.75) is 27.2 Å². The standard InChI is InChI=1S/C9H9NS2.C4H11N.ClH/c1-2-6-4-3-5-7-8(6)9(11)10-12-7;1-3-5-4-2;/h3-5H,2H2,1H3,(H,10,11);5H,3-4H2,1-2H3;1H. The number of nitrogens with one attached hydrogen (secondary N) is 2. The first kappa shape index (κ1) is 17.6. The quantitative estimate of drug-likeness (QED) is 0.814. The highest BCUT2D eigenvalue weighted by atomic mass is 35.5. The topological polar surface area (TPSA) is 27.8 Å². The van der Waals surface area contributed by atoms with Crippen LogP contribution < -0.4 is 5.32 Å². The van der Waals surface area contributed by atoms with E-state index in [4.69, 9.17) is 12.2 Å². The fraction of sp³-hybridized carbons (Fsp3) is 0.462. The van der Waals surface area contributed by atoms with Crippen molar-refractivity contribution < 1.29 is 0 Å². The number of benzene rings is 1. The fourth-order valence-electron chi connectivity index (χ4n) is 1.62. The number of aromatic amines is 1. The first-order valence-electron chi connectivity index (χ1n) is 6.04. The zero-order valence-corrected chi connectivity index (χ0v) is 13.5. The summed E-state index contributed by atoms with van der Waals surface area (Å²) in [5, 5.41) is 4.35. The molecule has 0 fully saturated rings. The van der Waals surface area contributed by atoms with Gasteiger partial charge in [0.05, 0.1) is 4.70 Å². The predicted molar refractivity (Wildman–Crippen MR) is 87.9 cm³/mol. The van der Waals surface area contributed by atoms with Crippen molar-refractivity contribution in [3.8, 4) is 0 Å². The molecule has 2 aromatic rings. The van der Waals surface area contributed by atoms with E-state index in [1.807, 2.05) is 0 Å². The third kappa shape index (κ3) is 4.69. The molecule has 2 rings (SSSR count). The van der Waals surface area contributed by atoms with Crippen LogP contribution in [0.5, 0.6) is 0 Å². The summed E-state index contributed by atoms with van der Waals surface area (Å²) in [5.41, 5.74) is 1.34. The number of halogens is 1. The lowest BCUT2D eigenvalue weighted by Gasteiger charge is -1.95. The summed E-state index contributed by atoms with van der Waals surface area (Å²) in [4.78, 5) is 0. The molecule has 1 heterocycles. The molecule has 0 unspecified atom stereocenters. The minimum atomic E-state index is 0. The summed E-state index contributed by atoms with van der Waals surface area (Å²) >= 11 is 6.81. The molecule has 1 aromatic heterocycles. The average Bonchev–Trinajstić information content (AvgIpc) is 2.73. The maximum atomic E-state index is 5.20. The monoisotopic (exact) mass is 304 g/mol. The van der Waals surface area contributed by atoms with E-state index >= 15 is 0 Å². The summed E-state index contributed by atoms with van der Waals surface area (Å²) < 4.78 is 5.25. The lowest BCUT2D eigenvalue weighted by atomic mass is 10.1. The van der Waals surface area contributed by atoms with Crippen LogP contribution in [0.15, 0.2) is 18.2 Å². The second kappa shape index (κ2) is 9.50. The zero-order valence-electron chi connectivity index (χ0n) is 11.1. The Hall–Kier alpha value is -0.420. The molecule has 0 saturated carbocycles. The molecule has 102 valence electrons. The van der Waals surface area contributed by atoms with Crippen LogP contribution in [0.4, 0.5) is 0 Å². The number of fused-ring (bicyclic) bond motifs is 1. The van der Waals surface area contributed by atoms with E-state index in [0.717, 1.165) is 24.2 Å². The van der Waals surface area contributed by atoms with Gasteiger partial charge in [0.2, 0.25) is 0 Å². The molecule has 0 radical (unpaired) electrons. The van der Waals surface area contributed by atoms with Crippen LogP contribution in [0.1, 0.15) is 26.3 Å². The molecule has 2 N–H and O–H groups in total. The van der Waals surface area contributed by atoms with Crippen molar-refractivity contribution in [1.29, 1.82) is 0 Å². The predicted octanol–water partition coefficient (Wildman–Crippen LogP) is 4.56. The van der Waals surface area contributed by atoms with E-state index in [2.05, 4.69) is 48.7 Å². The van der Waals surface area contributed by atoms with E-state index in [1.54, 1.807) is 11.5 Å². The van der Waals surface area contributed by atoms with Crippen LogP contribution in [0.25, 0.3) is 10.1 Å². The summed E-state index contributed by atoms with van der Waals surface area (Å²) in [5.74, 6) is 0. The Morgan fingerprint density at radius 2 is 1.89 bits per heavy atom. The summed E-state index contributed by atoms with van der Waals surface area (Å²) in [6, 6.07) is 6.32. The molecule has 0 spiro atoms. The Morgan fingerprint density at radius 1 is 1.22 bits per heavy atom. The number of aromatic nitrogens is 1. The van der Waals surface area contributed by atoms with E-state index in [0.29, 0.717) is 0 Å². The molecule has 0 atom stereocenters. The van der Waals surface area contributed by atoms with Crippen molar-refractivity contribution in [3.63, 3.8) is 0 Å². The minimum absolute atomic E-state index is 0. The molecular weight excluding hydrogens is 284 g/mol. The zero-order chi connectivity index (χ0) is 12.7. The van der Waals surface area contributed by atoms with Crippen molar-refractivity contribution in [2.75, 3.05) is 13.1 Å². The summed E-state index contributed by atoms with van der Waals surface area (Å²) in [7, 11) is 0. The van der Waals surface area contributed by atoms with E-state index in [9.17, 15) is 0 Å². The van der Waals surface area contributed by atoms with E-state index in [-0.39, 0.29) is 12.4 Å². The average molecular weight is 305 g/mol. The minimum Gasteiger partial charge on any atom is -0.317 e. The Bertz CT molecular complexity index is 503. The molecule has 0 bridgehead atoms. The highest BCUT2D eigenvalue weighted by molar-refractivity contribution is 7.71. The SMILES string of the molecule is CCNCC.CCc1cccc2s[nH]c(=S)c12.Cl. The summed E-state index contributed by atoms with van der Waals surface area (Å²) in [6.07, 6.45) is 1.05. The molecule has 0 aliphatic carbocycles. The first-order chi connectivity index (χ1) is 8.24. The molecule has 18 heavy (non-hydrogen) atoms. The molecule has 0 aliphatic rings. The third-order valence-corrected chi connectivity index (χ3v) is 3.78. The van der Waals surface area contributed by atoms with Gasteiger partial charge >= 0.3 is 0 Å². The highest BCUT2D eigenvalue weighted by Gasteiger charge is 2.01. The molecular formula is C13H21ClN2S2. The van der Waals surface area contributed by atoms with Crippen LogP contribution >= 0.6 is 36.2 Å². The third-order valence-electron chi connectivity index (χ3n) is 2.47. The van der Waals surface area contributed by atoms with Crippen LogP contribution in [-0.4, -0.2) is 17.5 Å². The van der Waals surface area contributed by atoms with Gasteiger partial charge in [-0.3, -0.25) is 0 Å². The molecule has 2 nitrogen and oxygen atoms in total. The fourth-order valence-corrected chi connectivity index (χ4v) is 2.83. The van der Waals surface area contributed by atoms with Crippen LogP contribution in [0.3, 0.4) is 0 Å². The van der Waals surface area contributed by atoms with Gasteiger partial charge in [-0.15, -0.1) is 12.4 Å². The summed E-state index contributed by atoms with van der Waals surface area (Å²) in [6.45, 7) is 8.54. The van der Waals surface area contributed by atoms with E-state index in [1.165, 1.54) is 15.6 Å². The Balaban J connectivity index is 0.000000421. The highest BCUT2D eigenvalue weighted by Crippen LogP contribution is 2.23. The first-order valence-corrected chi connectivity index (χ1v) is 7.26. The lowest BCUT2D eigenvalue weighted by Crippen LogP contribution is -2.09. The van der Waals surface area contributed by atoms with Gasteiger partial charge in [0.1, 0.15) is 4.64 Å². The lowest BCUT2D eigenvalue weighted by molar-refractivity contribution is 0.762. The molecule has 5 heteroatoms. The van der Waals surface area contributed by atoms with Crippen LogP contribution in [0.2, 0.25) is 0 Å². The van der Waals surface area contributed by atoms with Gasteiger partial charge < -0.3 is 9.69 Å². The molecule has 0 amide bonds. The maximum Gasteiger partial charge on any atom is 0.121 e. The van der Waals surface area contributed by atoms with Crippen LogP contribution in [0, 0.1) is 4.64 Å². The Kier molecular flexibility index (Phi) is 9.28. The van der Waals surface area contributed by atoms with Gasteiger partial charge in [-0.05, 0) is 31.1 Å². The van der Waals surface area contributed by atoms with Crippen molar-refractivity contribution in [1.82, 2.24) is 9.69 Å². The van der Waals surface area contributed by atoms with Gasteiger partial charge in [-0.25, -0.2) is 0 Å². The van der Waals surface area contributed by atoms with Gasteiger partial charge in [0, 0.05) is 5.39 Å². The normalized spacial score (nSPS) is 9.50. The Morgan fingerprint density at radius 3 is 2.39 bits per heavy atom. The molecule has 0 saturated heterocycles. The van der Waals surface area contributed by atoms with Gasteiger partial charge in [0.15, 0.2) is 0 Å².